The van der Waals surface area contributed by atoms with Crippen molar-refractivity contribution in [2.24, 2.45) is 0 Å². The van der Waals surface area contributed by atoms with E-state index in [0.29, 0.717) is 5.89 Å². The van der Waals surface area contributed by atoms with Crippen molar-refractivity contribution in [3.05, 3.63) is 128 Å². The van der Waals surface area contributed by atoms with E-state index in [0.717, 1.165) is 66.7 Å². The summed E-state index contributed by atoms with van der Waals surface area (Å²) in [7, 11) is 0. The van der Waals surface area contributed by atoms with Gasteiger partial charge in [-0.2, -0.15) is 0 Å². The number of pyridine rings is 1. The fraction of sp³-hybridized carbons (Fsp3) is 0. The van der Waals surface area contributed by atoms with Crippen molar-refractivity contribution in [3.63, 3.8) is 0 Å². The summed E-state index contributed by atoms with van der Waals surface area (Å²) in [5.41, 5.74) is 7.85. The van der Waals surface area contributed by atoms with Crippen LogP contribution in [0, 0.1) is 12.1 Å². The van der Waals surface area contributed by atoms with E-state index in [-0.39, 0.29) is 21.1 Å². The van der Waals surface area contributed by atoms with Crippen LogP contribution in [0.2, 0.25) is 0 Å². The molecule has 0 aliphatic rings. The van der Waals surface area contributed by atoms with E-state index in [2.05, 4.69) is 64.1 Å². The Morgan fingerprint density at radius 3 is 2.45 bits per heavy atom. The molecule has 0 atom stereocenters. The van der Waals surface area contributed by atoms with Crippen LogP contribution in [0.5, 0.6) is 0 Å². The third-order valence-electron chi connectivity index (χ3n) is 6.99. The van der Waals surface area contributed by atoms with Crippen LogP contribution < -0.4 is 0 Å². The maximum absolute atomic E-state index is 6.08. The van der Waals surface area contributed by atoms with Gasteiger partial charge in [0, 0.05) is 11.7 Å². The Morgan fingerprint density at radius 2 is 1.60 bits per heavy atom. The third kappa shape index (κ3) is 3.90. The molecule has 0 N–H and O–H groups in total. The van der Waals surface area contributed by atoms with Crippen LogP contribution in [0.25, 0.3) is 72.6 Å². The number of rotatable bonds is 4. The van der Waals surface area contributed by atoms with Gasteiger partial charge < -0.3 is 18.4 Å². The second kappa shape index (κ2) is 9.78. The number of oxazole rings is 1. The Bertz CT molecular complexity index is 2090. The summed E-state index contributed by atoms with van der Waals surface area (Å²) in [6, 6.07) is 41.4. The maximum Gasteiger partial charge on any atom is 2.00 e. The molecule has 0 aliphatic carbocycles. The standard InChI is InChI=1S/C34H19N3O2.Pt/c1-3-11-30-24(8-1)25-16-14-22(34-36-29-10-2-4-12-33(29)39-34)20-31(25)37(30)23-15-17-26(32-13-7-19-38-32)27(21-23)28-9-5-6-18-35-28;/h1-19H;/q-2;+2. The fourth-order valence-corrected chi connectivity index (χ4v) is 5.22. The van der Waals surface area contributed by atoms with Gasteiger partial charge in [-0.1, -0.05) is 59.0 Å². The Kier molecular flexibility index (Phi) is 5.95. The number of nitrogens with zero attached hydrogens (tertiary/aromatic N) is 3. The van der Waals surface area contributed by atoms with Crippen LogP contribution in [-0.2, 0) is 21.1 Å². The van der Waals surface area contributed by atoms with E-state index in [1.807, 2.05) is 60.7 Å². The first kappa shape index (κ1) is 24.3. The van der Waals surface area contributed by atoms with E-state index in [1.165, 1.54) is 0 Å². The monoisotopic (exact) mass is 696 g/mol. The summed E-state index contributed by atoms with van der Waals surface area (Å²) in [6.07, 6.45) is 3.48. The Balaban J connectivity index is 0.00000264. The molecule has 4 aromatic heterocycles. The Labute approximate surface area is 244 Å². The SMILES string of the molecule is [Pt+2].[c-]1c(-n2c3[c-]c(-c4nc5ccccc5o4)ccc3c3ccccc32)ccc(-c2ccco2)c1-c1ccccn1. The van der Waals surface area contributed by atoms with Crippen molar-refractivity contribution in [1.82, 2.24) is 14.5 Å². The summed E-state index contributed by atoms with van der Waals surface area (Å²) in [5.74, 6) is 1.31. The average Bonchev–Trinajstić information content (AvgIpc) is 3.75. The maximum atomic E-state index is 6.08. The van der Waals surface area contributed by atoms with Gasteiger partial charge >= 0.3 is 21.1 Å². The molecule has 4 heterocycles. The molecule has 192 valence electrons. The van der Waals surface area contributed by atoms with Gasteiger partial charge in [0.05, 0.1) is 17.5 Å². The van der Waals surface area contributed by atoms with Gasteiger partial charge in [0.2, 0.25) is 0 Å². The van der Waals surface area contributed by atoms with Crippen molar-refractivity contribution in [1.29, 1.82) is 0 Å². The van der Waals surface area contributed by atoms with Crippen molar-refractivity contribution < 1.29 is 29.9 Å². The van der Waals surface area contributed by atoms with E-state index >= 15 is 0 Å². The second-order valence-electron chi connectivity index (χ2n) is 9.30. The molecule has 40 heavy (non-hydrogen) atoms. The number of furan rings is 1. The largest absolute Gasteiger partial charge is 2.00 e. The van der Waals surface area contributed by atoms with E-state index in [1.54, 1.807) is 12.5 Å². The third-order valence-corrected chi connectivity index (χ3v) is 6.99. The first-order valence-corrected chi connectivity index (χ1v) is 12.7. The van der Waals surface area contributed by atoms with Crippen LogP contribution in [0.4, 0.5) is 0 Å². The molecule has 0 aliphatic heterocycles. The molecule has 4 aromatic carbocycles. The average molecular weight is 697 g/mol. The Hall–Kier alpha value is -4.73. The predicted molar refractivity (Wildman–Crippen MR) is 152 cm³/mol. The minimum atomic E-state index is 0. The molecule has 0 unspecified atom stereocenters. The van der Waals surface area contributed by atoms with Gasteiger partial charge in [0.1, 0.15) is 11.5 Å². The first-order chi connectivity index (χ1) is 19.3. The number of benzene rings is 4. The van der Waals surface area contributed by atoms with Crippen LogP contribution in [0.15, 0.2) is 124 Å². The smallest absolute Gasteiger partial charge is 0.481 e. The zero-order valence-electron chi connectivity index (χ0n) is 20.9. The van der Waals surface area contributed by atoms with Crippen molar-refractivity contribution in [2.45, 2.75) is 0 Å². The molecule has 0 saturated carbocycles. The summed E-state index contributed by atoms with van der Waals surface area (Å²) >= 11 is 0. The summed E-state index contributed by atoms with van der Waals surface area (Å²) in [4.78, 5) is 9.34. The number of hydrogen-bond acceptors (Lipinski definition) is 4. The minimum absolute atomic E-state index is 0. The van der Waals surface area contributed by atoms with Crippen LogP contribution in [0.3, 0.4) is 0 Å². The van der Waals surface area contributed by atoms with Gasteiger partial charge in [0.25, 0.3) is 0 Å². The van der Waals surface area contributed by atoms with E-state index in [9.17, 15) is 0 Å². The first-order valence-electron chi connectivity index (χ1n) is 12.7. The van der Waals surface area contributed by atoms with Crippen molar-refractivity contribution >= 4 is 32.9 Å². The zero-order valence-corrected chi connectivity index (χ0v) is 23.2. The van der Waals surface area contributed by atoms with Crippen molar-refractivity contribution in [3.8, 4) is 39.7 Å². The molecule has 0 fully saturated rings. The van der Waals surface area contributed by atoms with Crippen LogP contribution >= 0.6 is 0 Å². The molecule has 0 saturated heterocycles. The summed E-state index contributed by atoms with van der Waals surface area (Å²) in [6.45, 7) is 0. The summed E-state index contributed by atoms with van der Waals surface area (Å²) < 4.78 is 14.0. The molecule has 8 aromatic rings. The zero-order chi connectivity index (χ0) is 25.8. The van der Waals surface area contributed by atoms with E-state index in [4.69, 9.17) is 13.8 Å². The molecule has 0 radical (unpaired) electrons. The molecule has 0 amide bonds. The van der Waals surface area contributed by atoms with Crippen LogP contribution in [-0.4, -0.2) is 14.5 Å². The molecule has 8 rings (SSSR count). The molecule has 5 nitrogen and oxygen atoms in total. The van der Waals surface area contributed by atoms with Crippen molar-refractivity contribution in [2.75, 3.05) is 0 Å². The second-order valence-corrected chi connectivity index (χ2v) is 9.30. The van der Waals surface area contributed by atoms with Gasteiger partial charge in [-0.3, -0.25) is 4.98 Å². The molecule has 6 heteroatoms. The number of aromatic nitrogens is 3. The quantitative estimate of drug-likeness (QED) is 0.173. The molecule has 0 bridgehead atoms. The molecular formula is C34H19N3O2Pt. The Morgan fingerprint density at radius 1 is 0.725 bits per heavy atom. The number of para-hydroxylation sites is 3. The van der Waals surface area contributed by atoms with Gasteiger partial charge in [-0.15, -0.1) is 42.0 Å². The van der Waals surface area contributed by atoms with Gasteiger partial charge in [-0.25, -0.2) is 0 Å². The van der Waals surface area contributed by atoms with E-state index < -0.39 is 0 Å². The summed E-state index contributed by atoms with van der Waals surface area (Å²) in [5, 5.41) is 2.23. The van der Waals surface area contributed by atoms with Gasteiger partial charge in [0.15, 0.2) is 0 Å². The van der Waals surface area contributed by atoms with Gasteiger partial charge in [-0.05, 0) is 58.7 Å². The predicted octanol–water partition coefficient (Wildman–Crippen LogP) is 8.51. The minimum Gasteiger partial charge on any atom is -0.481 e. The molecular weight excluding hydrogens is 677 g/mol. The normalized spacial score (nSPS) is 11.3. The van der Waals surface area contributed by atoms with Crippen LogP contribution in [0.1, 0.15) is 0 Å². The number of hydrogen-bond donors (Lipinski definition) is 0. The number of fused-ring (bicyclic) bond motifs is 4. The fourth-order valence-electron chi connectivity index (χ4n) is 5.22. The topological polar surface area (TPSA) is 57.0 Å². The molecule has 0 spiro atoms.